The van der Waals surface area contributed by atoms with Crippen LogP contribution in [0.3, 0.4) is 0 Å². The molecule has 0 saturated heterocycles. The standard InChI is InChI=1S/C14H13BrN2O2/c1-9-14(19)13(10(8-18)6-16-9)7-17-12-4-2-11(15)3-5-12/h2-7,18-19H,8H2,1H3. The van der Waals surface area contributed by atoms with E-state index in [2.05, 4.69) is 25.9 Å². The molecule has 98 valence electrons. The third-order valence-corrected chi connectivity index (χ3v) is 3.23. The summed E-state index contributed by atoms with van der Waals surface area (Å²) in [6.45, 7) is 1.51. The Labute approximate surface area is 119 Å². The predicted molar refractivity (Wildman–Crippen MR) is 78.0 cm³/mol. The summed E-state index contributed by atoms with van der Waals surface area (Å²) in [5.74, 6) is 0.0485. The van der Waals surface area contributed by atoms with Crippen LogP contribution in [0.4, 0.5) is 5.69 Å². The molecule has 0 bridgehead atoms. The van der Waals surface area contributed by atoms with Gasteiger partial charge in [-0.15, -0.1) is 0 Å². The van der Waals surface area contributed by atoms with E-state index in [1.54, 1.807) is 13.1 Å². The Morgan fingerprint density at radius 3 is 2.63 bits per heavy atom. The first-order chi connectivity index (χ1) is 9.11. The molecule has 2 rings (SSSR count). The number of hydrogen-bond acceptors (Lipinski definition) is 4. The molecule has 0 amide bonds. The van der Waals surface area contributed by atoms with E-state index in [4.69, 9.17) is 0 Å². The number of halogens is 1. The largest absolute Gasteiger partial charge is 0.505 e. The summed E-state index contributed by atoms with van der Waals surface area (Å²) in [6, 6.07) is 7.48. The normalized spacial score (nSPS) is 11.1. The number of benzene rings is 1. The van der Waals surface area contributed by atoms with Crippen LogP contribution >= 0.6 is 15.9 Å². The van der Waals surface area contributed by atoms with Crippen molar-refractivity contribution in [3.8, 4) is 5.75 Å². The first-order valence-electron chi connectivity index (χ1n) is 5.69. The first kappa shape index (κ1) is 13.7. The minimum absolute atomic E-state index is 0.0485. The Morgan fingerprint density at radius 2 is 2.00 bits per heavy atom. The maximum absolute atomic E-state index is 9.96. The third-order valence-electron chi connectivity index (χ3n) is 2.70. The lowest BCUT2D eigenvalue weighted by Gasteiger charge is -2.06. The summed E-state index contributed by atoms with van der Waals surface area (Å²) in [4.78, 5) is 8.28. The van der Waals surface area contributed by atoms with Crippen LogP contribution in [0.25, 0.3) is 0 Å². The number of aryl methyl sites for hydroxylation is 1. The summed E-state index contributed by atoms with van der Waals surface area (Å²) in [6.07, 6.45) is 3.08. The van der Waals surface area contributed by atoms with Crippen molar-refractivity contribution in [3.05, 3.63) is 51.8 Å². The second-order valence-electron chi connectivity index (χ2n) is 4.02. The Bertz CT molecular complexity index is 610. The number of nitrogens with zero attached hydrogens (tertiary/aromatic N) is 2. The molecule has 2 N–H and O–H groups in total. The monoisotopic (exact) mass is 320 g/mol. The molecule has 0 saturated carbocycles. The number of aromatic nitrogens is 1. The van der Waals surface area contributed by atoms with E-state index in [1.807, 2.05) is 24.3 Å². The molecule has 1 aromatic heterocycles. The van der Waals surface area contributed by atoms with E-state index in [0.717, 1.165) is 10.2 Å². The molecule has 4 nitrogen and oxygen atoms in total. The van der Waals surface area contributed by atoms with Gasteiger partial charge in [-0.2, -0.15) is 0 Å². The van der Waals surface area contributed by atoms with Crippen molar-refractivity contribution in [2.24, 2.45) is 4.99 Å². The minimum atomic E-state index is -0.192. The second kappa shape index (κ2) is 5.95. The van der Waals surface area contributed by atoms with Crippen molar-refractivity contribution in [3.63, 3.8) is 0 Å². The highest BCUT2D eigenvalue weighted by Gasteiger charge is 2.09. The Morgan fingerprint density at radius 1 is 1.32 bits per heavy atom. The highest BCUT2D eigenvalue weighted by Crippen LogP contribution is 2.23. The number of hydrogen-bond donors (Lipinski definition) is 2. The molecule has 0 aliphatic carbocycles. The fourth-order valence-corrected chi connectivity index (χ4v) is 1.85. The molecule has 0 atom stereocenters. The quantitative estimate of drug-likeness (QED) is 0.854. The fourth-order valence-electron chi connectivity index (χ4n) is 1.59. The van der Waals surface area contributed by atoms with E-state index < -0.39 is 0 Å². The van der Waals surface area contributed by atoms with Gasteiger partial charge in [-0.1, -0.05) is 15.9 Å². The van der Waals surface area contributed by atoms with Gasteiger partial charge in [0, 0.05) is 28.0 Å². The van der Waals surface area contributed by atoms with Gasteiger partial charge in [0.2, 0.25) is 0 Å². The molecule has 1 heterocycles. The number of aromatic hydroxyl groups is 1. The molecule has 19 heavy (non-hydrogen) atoms. The van der Waals surface area contributed by atoms with E-state index in [0.29, 0.717) is 16.8 Å². The van der Waals surface area contributed by atoms with Gasteiger partial charge >= 0.3 is 0 Å². The van der Waals surface area contributed by atoms with Gasteiger partial charge in [-0.25, -0.2) is 0 Å². The highest BCUT2D eigenvalue weighted by molar-refractivity contribution is 9.10. The maximum atomic E-state index is 9.96. The fraction of sp³-hybridized carbons (Fsp3) is 0.143. The minimum Gasteiger partial charge on any atom is -0.505 e. The Kier molecular flexibility index (Phi) is 4.29. The predicted octanol–water partition coefficient (Wildman–Crippen LogP) is 3.10. The maximum Gasteiger partial charge on any atom is 0.145 e. The Hall–Kier alpha value is -1.72. The zero-order chi connectivity index (χ0) is 13.8. The van der Waals surface area contributed by atoms with Crippen LogP contribution in [0.15, 0.2) is 39.9 Å². The smallest absolute Gasteiger partial charge is 0.145 e. The van der Waals surface area contributed by atoms with Crippen LogP contribution < -0.4 is 0 Å². The number of aliphatic imine (C=N–C) groups is 1. The lowest BCUT2D eigenvalue weighted by Crippen LogP contribution is -1.97. The molecule has 0 unspecified atom stereocenters. The third kappa shape index (κ3) is 3.19. The van der Waals surface area contributed by atoms with Crippen LogP contribution in [0, 0.1) is 6.92 Å². The molecule has 0 radical (unpaired) electrons. The zero-order valence-corrected chi connectivity index (χ0v) is 11.9. The van der Waals surface area contributed by atoms with Gasteiger partial charge in [0.05, 0.1) is 18.0 Å². The first-order valence-corrected chi connectivity index (χ1v) is 6.49. The Balaban J connectivity index is 2.37. The molecule has 0 aliphatic rings. The van der Waals surface area contributed by atoms with E-state index in [-0.39, 0.29) is 12.4 Å². The lowest BCUT2D eigenvalue weighted by molar-refractivity contribution is 0.280. The topological polar surface area (TPSA) is 65.7 Å². The van der Waals surface area contributed by atoms with Crippen molar-refractivity contribution in [2.45, 2.75) is 13.5 Å². The number of aliphatic hydroxyl groups excluding tert-OH is 1. The summed E-state index contributed by atoms with van der Waals surface area (Å²) in [5.41, 5.74) is 2.32. The number of rotatable bonds is 3. The van der Waals surface area contributed by atoms with Crippen molar-refractivity contribution < 1.29 is 10.2 Å². The van der Waals surface area contributed by atoms with Crippen molar-refractivity contribution >= 4 is 27.8 Å². The van der Waals surface area contributed by atoms with Crippen LogP contribution in [0.2, 0.25) is 0 Å². The van der Waals surface area contributed by atoms with Crippen LogP contribution in [0.5, 0.6) is 5.75 Å². The van der Waals surface area contributed by atoms with Crippen molar-refractivity contribution in [1.29, 1.82) is 0 Å². The molecule has 0 aliphatic heterocycles. The van der Waals surface area contributed by atoms with Gasteiger partial charge in [0.15, 0.2) is 0 Å². The summed E-state index contributed by atoms with van der Waals surface area (Å²) >= 11 is 3.35. The average molecular weight is 321 g/mol. The van der Waals surface area contributed by atoms with Gasteiger partial charge in [0.1, 0.15) is 5.75 Å². The highest BCUT2D eigenvalue weighted by atomic mass is 79.9. The lowest BCUT2D eigenvalue weighted by atomic mass is 10.1. The molecule has 1 aromatic carbocycles. The molecule has 2 aromatic rings. The van der Waals surface area contributed by atoms with Gasteiger partial charge in [-0.05, 0) is 31.2 Å². The van der Waals surface area contributed by atoms with Crippen molar-refractivity contribution in [1.82, 2.24) is 4.98 Å². The number of aliphatic hydroxyl groups is 1. The molecule has 0 spiro atoms. The van der Waals surface area contributed by atoms with E-state index >= 15 is 0 Å². The summed E-state index contributed by atoms with van der Waals surface area (Å²) in [7, 11) is 0. The van der Waals surface area contributed by atoms with E-state index in [1.165, 1.54) is 6.20 Å². The van der Waals surface area contributed by atoms with Crippen molar-refractivity contribution in [2.75, 3.05) is 0 Å². The number of pyridine rings is 1. The molecule has 0 fully saturated rings. The molecular formula is C14H13BrN2O2. The van der Waals surface area contributed by atoms with Gasteiger partial charge < -0.3 is 10.2 Å². The van der Waals surface area contributed by atoms with E-state index in [9.17, 15) is 10.2 Å². The second-order valence-corrected chi connectivity index (χ2v) is 4.94. The zero-order valence-electron chi connectivity index (χ0n) is 10.3. The molecule has 5 heteroatoms. The van der Waals surface area contributed by atoms with Crippen LogP contribution in [-0.2, 0) is 6.61 Å². The van der Waals surface area contributed by atoms with Crippen LogP contribution in [0.1, 0.15) is 16.8 Å². The molecular weight excluding hydrogens is 308 g/mol. The SMILES string of the molecule is Cc1ncc(CO)c(C=Nc2ccc(Br)cc2)c1O. The van der Waals surface area contributed by atoms with Crippen LogP contribution in [-0.4, -0.2) is 21.4 Å². The summed E-state index contributed by atoms with van der Waals surface area (Å²) < 4.78 is 0.977. The van der Waals surface area contributed by atoms with Gasteiger partial charge in [-0.3, -0.25) is 9.98 Å². The van der Waals surface area contributed by atoms with Gasteiger partial charge in [0.25, 0.3) is 0 Å². The summed E-state index contributed by atoms with van der Waals surface area (Å²) in [5, 5.41) is 19.2. The average Bonchev–Trinajstić information content (AvgIpc) is 2.42.